The first kappa shape index (κ1) is 20.6. The minimum Gasteiger partial charge on any atom is -0.435 e. The zero-order valence-corrected chi connectivity index (χ0v) is 14.5. The molecule has 0 spiro atoms. The quantitative estimate of drug-likeness (QED) is 0.804. The number of hydrogen-bond acceptors (Lipinski definition) is 4. The number of alkyl halides is 2. The fourth-order valence-electron chi connectivity index (χ4n) is 2.53. The van der Waals surface area contributed by atoms with Crippen LogP contribution in [-0.2, 0) is 11.3 Å². The van der Waals surface area contributed by atoms with Gasteiger partial charge in [-0.2, -0.15) is 8.78 Å². The normalized spacial score (nSPS) is 14.6. The van der Waals surface area contributed by atoms with Crippen molar-refractivity contribution in [2.45, 2.75) is 19.6 Å². The van der Waals surface area contributed by atoms with Crippen molar-refractivity contribution in [3.8, 4) is 5.75 Å². The van der Waals surface area contributed by atoms with Gasteiger partial charge in [0.15, 0.2) is 0 Å². The standard InChI is InChI=1S/C16H23F2N3O2.ClH/c1-20(9-6-15(22)21-10-7-19-8-11-21)12-13-2-4-14(5-3-13)23-16(17)18;/h2-5,16,19H,6-12H2,1H3;1H. The second-order valence-corrected chi connectivity index (χ2v) is 5.64. The maximum absolute atomic E-state index is 12.1. The highest BCUT2D eigenvalue weighted by Crippen LogP contribution is 2.15. The van der Waals surface area contributed by atoms with Crippen LogP contribution in [-0.4, -0.2) is 62.1 Å². The van der Waals surface area contributed by atoms with Crippen molar-refractivity contribution in [1.82, 2.24) is 15.1 Å². The minimum absolute atomic E-state index is 0. The van der Waals surface area contributed by atoms with E-state index in [2.05, 4.69) is 10.1 Å². The van der Waals surface area contributed by atoms with Crippen molar-refractivity contribution in [2.75, 3.05) is 39.8 Å². The Bertz CT molecular complexity index is 497. The van der Waals surface area contributed by atoms with Gasteiger partial charge in [-0.1, -0.05) is 12.1 Å². The van der Waals surface area contributed by atoms with Crippen LogP contribution in [0.25, 0.3) is 0 Å². The summed E-state index contributed by atoms with van der Waals surface area (Å²) in [5.74, 6) is 0.333. The third-order valence-corrected chi connectivity index (χ3v) is 3.78. The summed E-state index contributed by atoms with van der Waals surface area (Å²) in [6.45, 7) is 1.77. The van der Waals surface area contributed by atoms with Gasteiger partial charge in [-0.15, -0.1) is 12.4 Å². The molecule has 1 aliphatic heterocycles. The van der Waals surface area contributed by atoms with Gasteiger partial charge in [-0.25, -0.2) is 0 Å². The van der Waals surface area contributed by atoms with Crippen LogP contribution in [0.5, 0.6) is 5.75 Å². The largest absolute Gasteiger partial charge is 0.435 e. The molecule has 0 radical (unpaired) electrons. The summed E-state index contributed by atoms with van der Waals surface area (Å²) < 4.78 is 28.5. The highest BCUT2D eigenvalue weighted by atomic mass is 35.5. The van der Waals surface area contributed by atoms with Crippen LogP contribution < -0.4 is 10.1 Å². The molecule has 0 saturated carbocycles. The van der Waals surface area contributed by atoms with Gasteiger partial charge in [0.1, 0.15) is 5.75 Å². The molecule has 1 heterocycles. The van der Waals surface area contributed by atoms with Crippen LogP contribution in [0.3, 0.4) is 0 Å². The summed E-state index contributed by atoms with van der Waals surface area (Å²) in [6.07, 6.45) is 0.489. The number of hydrogen-bond donors (Lipinski definition) is 1. The van der Waals surface area contributed by atoms with Crippen LogP contribution in [0.4, 0.5) is 8.78 Å². The Balaban J connectivity index is 0.00000288. The Labute approximate surface area is 147 Å². The molecule has 1 aromatic carbocycles. The second-order valence-electron chi connectivity index (χ2n) is 5.64. The second kappa shape index (κ2) is 10.4. The third kappa shape index (κ3) is 6.98. The Hall–Kier alpha value is -1.44. The Morgan fingerprint density at radius 3 is 2.50 bits per heavy atom. The Kier molecular flexibility index (Phi) is 8.95. The topological polar surface area (TPSA) is 44.8 Å². The number of benzene rings is 1. The fraction of sp³-hybridized carbons (Fsp3) is 0.562. The molecule has 1 N–H and O–H groups in total. The van der Waals surface area contributed by atoms with Crippen LogP contribution in [0, 0.1) is 0 Å². The predicted octanol–water partition coefficient (Wildman–Crippen LogP) is 1.96. The van der Waals surface area contributed by atoms with Gasteiger partial charge in [0.25, 0.3) is 0 Å². The van der Waals surface area contributed by atoms with Crippen molar-refractivity contribution in [1.29, 1.82) is 0 Å². The highest BCUT2D eigenvalue weighted by Gasteiger charge is 2.16. The van der Waals surface area contributed by atoms with Gasteiger partial charge in [-0.3, -0.25) is 4.79 Å². The zero-order chi connectivity index (χ0) is 16.7. The van der Waals surface area contributed by atoms with Crippen LogP contribution >= 0.6 is 12.4 Å². The lowest BCUT2D eigenvalue weighted by molar-refractivity contribution is -0.132. The Morgan fingerprint density at radius 1 is 1.29 bits per heavy atom. The molecule has 136 valence electrons. The molecule has 1 amide bonds. The average Bonchev–Trinajstić information content (AvgIpc) is 2.55. The molecule has 1 fully saturated rings. The SMILES string of the molecule is CN(CCC(=O)N1CCNCC1)Cc1ccc(OC(F)F)cc1.Cl. The summed E-state index contributed by atoms with van der Waals surface area (Å²) >= 11 is 0. The minimum atomic E-state index is -2.81. The van der Waals surface area contributed by atoms with Gasteiger partial charge in [0.2, 0.25) is 5.91 Å². The number of ether oxygens (including phenoxy) is 1. The van der Waals surface area contributed by atoms with Crippen LogP contribution in [0.1, 0.15) is 12.0 Å². The molecule has 8 heteroatoms. The zero-order valence-electron chi connectivity index (χ0n) is 13.7. The Morgan fingerprint density at radius 2 is 1.92 bits per heavy atom. The van der Waals surface area contributed by atoms with Crippen LogP contribution in [0.2, 0.25) is 0 Å². The van der Waals surface area contributed by atoms with Crippen molar-refractivity contribution in [3.63, 3.8) is 0 Å². The molecule has 1 aromatic rings. The highest BCUT2D eigenvalue weighted by molar-refractivity contribution is 5.85. The molecule has 0 unspecified atom stereocenters. The molecule has 1 saturated heterocycles. The lowest BCUT2D eigenvalue weighted by Crippen LogP contribution is -2.47. The molecule has 24 heavy (non-hydrogen) atoms. The monoisotopic (exact) mass is 363 g/mol. The van der Waals surface area contributed by atoms with Gasteiger partial charge in [-0.05, 0) is 24.7 Å². The predicted molar refractivity (Wildman–Crippen MR) is 90.7 cm³/mol. The number of piperazine rings is 1. The van der Waals surface area contributed by atoms with E-state index < -0.39 is 6.61 Å². The molecule has 0 atom stereocenters. The average molecular weight is 364 g/mol. The van der Waals surface area contributed by atoms with E-state index in [1.165, 1.54) is 12.1 Å². The van der Waals surface area contributed by atoms with Gasteiger partial charge < -0.3 is 19.9 Å². The van der Waals surface area contributed by atoms with Gasteiger partial charge >= 0.3 is 6.61 Å². The summed E-state index contributed by atoms with van der Waals surface area (Å²) in [6, 6.07) is 6.57. The van der Waals surface area contributed by atoms with Crippen molar-refractivity contribution < 1.29 is 18.3 Å². The molecular formula is C16H24ClF2N3O2. The molecule has 1 aliphatic rings. The van der Waals surface area contributed by atoms with Crippen molar-refractivity contribution in [3.05, 3.63) is 29.8 Å². The first-order valence-electron chi connectivity index (χ1n) is 7.75. The molecular weight excluding hydrogens is 340 g/mol. The summed E-state index contributed by atoms with van der Waals surface area (Å²) in [4.78, 5) is 16.0. The maximum atomic E-state index is 12.1. The lowest BCUT2D eigenvalue weighted by atomic mass is 10.2. The number of amides is 1. The van der Waals surface area contributed by atoms with E-state index in [9.17, 15) is 13.6 Å². The summed E-state index contributed by atoms with van der Waals surface area (Å²) in [5.41, 5.74) is 0.990. The van der Waals surface area contributed by atoms with E-state index in [4.69, 9.17) is 0 Å². The smallest absolute Gasteiger partial charge is 0.387 e. The fourth-order valence-corrected chi connectivity index (χ4v) is 2.53. The van der Waals surface area contributed by atoms with E-state index in [1.54, 1.807) is 12.1 Å². The maximum Gasteiger partial charge on any atom is 0.387 e. The van der Waals surface area contributed by atoms with Crippen molar-refractivity contribution in [2.24, 2.45) is 0 Å². The molecule has 0 aliphatic carbocycles. The van der Waals surface area contributed by atoms with Crippen LogP contribution in [0.15, 0.2) is 24.3 Å². The number of nitrogens with zero attached hydrogens (tertiary/aromatic N) is 2. The number of carbonyl (C=O) groups is 1. The molecule has 0 aromatic heterocycles. The molecule has 5 nitrogen and oxygen atoms in total. The molecule has 2 rings (SSSR count). The van der Waals surface area contributed by atoms with E-state index in [0.717, 1.165) is 31.7 Å². The molecule has 0 bridgehead atoms. The summed E-state index contributed by atoms with van der Waals surface area (Å²) in [7, 11) is 1.94. The number of carbonyl (C=O) groups excluding carboxylic acids is 1. The first-order chi connectivity index (χ1) is 11.0. The number of halogens is 3. The van der Waals surface area contributed by atoms with Gasteiger partial charge in [0, 0.05) is 45.7 Å². The first-order valence-corrected chi connectivity index (χ1v) is 7.75. The van der Waals surface area contributed by atoms with E-state index in [1.807, 2.05) is 16.8 Å². The van der Waals surface area contributed by atoms with Crippen molar-refractivity contribution >= 4 is 18.3 Å². The van der Waals surface area contributed by atoms with Gasteiger partial charge in [0.05, 0.1) is 0 Å². The lowest BCUT2D eigenvalue weighted by Gasteiger charge is -2.28. The number of nitrogens with one attached hydrogen (secondary N) is 1. The third-order valence-electron chi connectivity index (χ3n) is 3.78. The summed E-state index contributed by atoms with van der Waals surface area (Å²) in [5, 5.41) is 3.22. The van der Waals surface area contributed by atoms with E-state index in [0.29, 0.717) is 19.5 Å². The van der Waals surface area contributed by atoms with E-state index in [-0.39, 0.29) is 24.1 Å². The van der Waals surface area contributed by atoms with E-state index >= 15 is 0 Å². The number of rotatable bonds is 7.